The van der Waals surface area contributed by atoms with Gasteiger partial charge in [-0.25, -0.2) is 4.84 Å². The third-order valence-electron chi connectivity index (χ3n) is 4.33. The van der Waals surface area contributed by atoms with Crippen molar-refractivity contribution in [3.63, 3.8) is 0 Å². The maximum atomic E-state index is 6.16. The smallest absolute Gasteiger partial charge is 0.296 e. The van der Waals surface area contributed by atoms with Crippen LogP contribution in [-0.2, 0) is 25.4 Å². The number of hydrogen-bond donors (Lipinski definition) is 0. The van der Waals surface area contributed by atoms with E-state index in [9.17, 15) is 0 Å². The van der Waals surface area contributed by atoms with Crippen molar-refractivity contribution in [1.29, 1.82) is 0 Å². The van der Waals surface area contributed by atoms with Crippen molar-refractivity contribution in [3.8, 4) is 0 Å². The number of nitrogens with zero attached hydrogens (tertiary/aromatic N) is 1. The van der Waals surface area contributed by atoms with Crippen molar-refractivity contribution in [2.24, 2.45) is 0 Å². The van der Waals surface area contributed by atoms with Crippen LogP contribution in [-0.4, -0.2) is 24.3 Å². The topological polar surface area (TPSA) is 30.9 Å². The molecule has 3 rings (SSSR count). The SMILES string of the molecule is CC1(ON2C(C)(C)c3ccccc3C2(C)C)OCCO1. The third kappa shape index (κ3) is 1.91. The van der Waals surface area contributed by atoms with Crippen molar-refractivity contribution < 1.29 is 14.3 Å². The molecule has 1 aromatic carbocycles. The second kappa shape index (κ2) is 4.28. The molecule has 0 amide bonds. The van der Waals surface area contributed by atoms with E-state index in [1.54, 1.807) is 0 Å². The van der Waals surface area contributed by atoms with Gasteiger partial charge in [0.05, 0.1) is 24.3 Å². The van der Waals surface area contributed by atoms with Gasteiger partial charge in [0.15, 0.2) is 0 Å². The summed E-state index contributed by atoms with van der Waals surface area (Å²) in [5.41, 5.74) is 2.09. The lowest BCUT2D eigenvalue weighted by Gasteiger charge is -2.42. The molecule has 1 aromatic rings. The molecule has 1 fully saturated rings. The maximum absolute atomic E-state index is 6.16. The molecule has 110 valence electrons. The Bertz CT molecular complexity index is 483. The molecule has 2 aliphatic heterocycles. The first-order valence-electron chi connectivity index (χ1n) is 7.15. The fourth-order valence-corrected chi connectivity index (χ4v) is 3.41. The molecule has 0 atom stereocenters. The summed E-state index contributed by atoms with van der Waals surface area (Å²) < 4.78 is 11.2. The summed E-state index contributed by atoms with van der Waals surface area (Å²) in [5, 5.41) is 2.01. The van der Waals surface area contributed by atoms with Gasteiger partial charge < -0.3 is 9.47 Å². The largest absolute Gasteiger partial charge is 0.324 e. The zero-order valence-electron chi connectivity index (χ0n) is 12.9. The second-order valence-corrected chi connectivity index (χ2v) is 6.61. The molecule has 0 aliphatic carbocycles. The van der Waals surface area contributed by atoms with E-state index in [0.29, 0.717) is 13.2 Å². The van der Waals surface area contributed by atoms with E-state index in [-0.39, 0.29) is 11.1 Å². The van der Waals surface area contributed by atoms with Gasteiger partial charge in [-0.05, 0) is 38.8 Å². The van der Waals surface area contributed by atoms with Crippen molar-refractivity contribution in [1.82, 2.24) is 5.06 Å². The number of benzene rings is 1. The van der Waals surface area contributed by atoms with Gasteiger partial charge in [0, 0.05) is 6.92 Å². The van der Waals surface area contributed by atoms with Crippen molar-refractivity contribution in [2.75, 3.05) is 13.2 Å². The highest BCUT2D eigenvalue weighted by Gasteiger charge is 2.53. The van der Waals surface area contributed by atoms with E-state index in [4.69, 9.17) is 14.3 Å². The monoisotopic (exact) mass is 277 g/mol. The fourth-order valence-electron chi connectivity index (χ4n) is 3.41. The zero-order valence-corrected chi connectivity index (χ0v) is 12.9. The van der Waals surface area contributed by atoms with Crippen LogP contribution in [0.5, 0.6) is 0 Å². The molecule has 0 spiro atoms. The Labute approximate surface area is 120 Å². The van der Waals surface area contributed by atoms with E-state index in [2.05, 4.69) is 52.0 Å². The first-order chi connectivity index (χ1) is 9.27. The Morgan fingerprint density at radius 3 is 1.80 bits per heavy atom. The zero-order chi connectivity index (χ0) is 14.6. The molecule has 0 aromatic heterocycles. The Hall–Kier alpha value is -0.940. The first-order valence-corrected chi connectivity index (χ1v) is 7.15. The van der Waals surface area contributed by atoms with Crippen molar-refractivity contribution >= 4 is 0 Å². The Morgan fingerprint density at radius 2 is 1.35 bits per heavy atom. The molecule has 4 heteroatoms. The Balaban J connectivity index is 2.00. The molecule has 0 saturated carbocycles. The summed E-state index contributed by atoms with van der Waals surface area (Å²) in [5.74, 6) is -0.990. The normalized spacial score (nSPS) is 26.6. The van der Waals surface area contributed by atoms with Crippen LogP contribution in [0.1, 0.15) is 45.7 Å². The summed E-state index contributed by atoms with van der Waals surface area (Å²) in [6.45, 7) is 11.6. The number of fused-ring (bicyclic) bond motifs is 1. The molecule has 20 heavy (non-hydrogen) atoms. The average molecular weight is 277 g/mol. The average Bonchev–Trinajstić information content (AvgIpc) is 2.88. The molecule has 0 N–H and O–H groups in total. The van der Waals surface area contributed by atoms with Gasteiger partial charge in [-0.3, -0.25) is 0 Å². The van der Waals surface area contributed by atoms with E-state index >= 15 is 0 Å². The first kappa shape index (κ1) is 14.0. The minimum atomic E-state index is -0.990. The Kier molecular flexibility index (Phi) is 3.00. The summed E-state index contributed by atoms with van der Waals surface area (Å²) >= 11 is 0. The third-order valence-corrected chi connectivity index (χ3v) is 4.33. The molecular weight excluding hydrogens is 254 g/mol. The van der Waals surface area contributed by atoms with E-state index < -0.39 is 5.97 Å². The van der Waals surface area contributed by atoms with Gasteiger partial charge >= 0.3 is 0 Å². The minimum absolute atomic E-state index is 0.238. The van der Waals surface area contributed by atoms with Gasteiger partial charge in [0.1, 0.15) is 0 Å². The lowest BCUT2D eigenvalue weighted by atomic mass is 9.91. The van der Waals surface area contributed by atoms with Crippen molar-refractivity contribution in [3.05, 3.63) is 35.4 Å². The Morgan fingerprint density at radius 1 is 0.900 bits per heavy atom. The van der Waals surface area contributed by atoms with Gasteiger partial charge in [0.25, 0.3) is 5.97 Å². The standard InChI is InChI=1S/C16H23NO3/c1-14(2)12-8-6-7-9-13(12)15(3,4)17(14)20-16(5)18-10-11-19-16/h6-9H,10-11H2,1-5H3. The highest BCUT2D eigenvalue weighted by Crippen LogP contribution is 2.50. The summed E-state index contributed by atoms with van der Waals surface area (Å²) in [6.07, 6.45) is 0. The van der Waals surface area contributed by atoms with Crippen LogP contribution in [0.3, 0.4) is 0 Å². The highest BCUT2D eigenvalue weighted by atomic mass is 16.9. The quantitative estimate of drug-likeness (QED) is 0.831. The summed E-state index contributed by atoms with van der Waals surface area (Å²) in [7, 11) is 0. The van der Waals surface area contributed by atoms with Crippen LogP contribution in [0.25, 0.3) is 0 Å². The highest BCUT2D eigenvalue weighted by molar-refractivity contribution is 5.42. The van der Waals surface area contributed by atoms with E-state index in [0.717, 1.165) is 0 Å². The molecule has 4 nitrogen and oxygen atoms in total. The van der Waals surface area contributed by atoms with Crippen molar-refractivity contribution in [2.45, 2.75) is 51.7 Å². The molecule has 1 saturated heterocycles. The molecule has 0 unspecified atom stereocenters. The van der Waals surface area contributed by atoms with Crippen LogP contribution in [0.15, 0.2) is 24.3 Å². The van der Waals surface area contributed by atoms with Gasteiger partial charge in [0.2, 0.25) is 0 Å². The molecule has 2 aliphatic rings. The lowest BCUT2D eigenvalue weighted by Crippen LogP contribution is -2.51. The summed E-state index contributed by atoms with van der Waals surface area (Å²) in [6, 6.07) is 8.48. The summed E-state index contributed by atoms with van der Waals surface area (Å²) in [4.78, 5) is 6.16. The lowest BCUT2D eigenvalue weighted by molar-refractivity contribution is -0.441. The molecule has 2 heterocycles. The number of ether oxygens (including phenoxy) is 2. The predicted octanol–water partition coefficient (Wildman–Crippen LogP) is 3.12. The van der Waals surface area contributed by atoms with Gasteiger partial charge in [-0.15, -0.1) is 0 Å². The van der Waals surface area contributed by atoms with Crippen LogP contribution >= 0.6 is 0 Å². The van der Waals surface area contributed by atoms with Crippen LogP contribution in [0, 0.1) is 0 Å². The maximum Gasteiger partial charge on any atom is 0.296 e. The van der Waals surface area contributed by atoms with Gasteiger partial charge in [-0.2, -0.15) is 5.06 Å². The van der Waals surface area contributed by atoms with Crippen LogP contribution < -0.4 is 0 Å². The molecular formula is C16H23NO3. The van der Waals surface area contributed by atoms with E-state index in [1.807, 2.05) is 12.0 Å². The van der Waals surface area contributed by atoms with E-state index in [1.165, 1.54) is 11.1 Å². The second-order valence-electron chi connectivity index (χ2n) is 6.61. The van der Waals surface area contributed by atoms with Gasteiger partial charge in [-0.1, -0.05) is 24.3 Å². The predicted molar refractivity (Wildman–Crippen MR) is 75.7 cm³/mol. The minimum Gasteiger partial charge on any atom is -0.324 e. The van der Waals surface area contributed by atoms with Crippen LogP contribution in [0.4, 0.5) is 0 Å². The molecule has 0 bridgehead atoms. The number of hydroxylamine groups is 2. The number of rotatable bonds is 2. The fraction of sp³-hybridized carbons (Fsp3) is 0.625. The van der Waals surface area contributed by atoms with Crippen LogP contribution in [0.2, 0.25) is 0 Å². The number of hydrogen-bond acceptors (Lipinski definition) is 4. The molecule has 0 radical (unpaired) electrons.